The van der Waals surface area contributed by atoms with Crippen molar-refractivity contribution in [1.82, 2.24) is 4.98 Å². The predicted octanol–water partition coefficient (Wildman–Crippen LogP) is 2.01. The summed E-state index contributed by atoms with van der Waals surface area (Å²) in [7, 11) is 1.60. The summed E-state index contributed by atoms with van der Waals surface area (Å²) in [6.45, 7) is 5.71. The van der Waals surface area contributed by atoms with Crippen molar-refractivity contribution in [3.05, 3.63) is 36.2 Å². The Kier molecular flexibility index (Phi) is 2.26. The second kappa shape index (κ2) is 3.19. The van der Waals surface area contributed by atoms with Crippen molar-refractivity contribution in [2.75, 3.05) is 7.11 Å². The minimum absolute atomic E-state index is 0.654. The first-order valence-corrected chi connectivity index (χ1v) is 3.39. The standard InChI is InChI=1S/C9H11NO/c1-7-4-9(6-10-5-7)8(2)11-3/h4-6H,2H2,1,3H3. The summed E-state index contributed by atoms with van der Waals surface area (Å²) in [5.41, 5.74) is 2.05. The lowest BCUT2D eigenvalue weighted by atomic mass is 10.2. The van der Waals surface area contributed by atoms with Crippen molar-refractivity contribution in [1.29, 1.82) is 0 Å². The third-order valence-electron chi connectivity index (χ3n) is 1.44. The van der Waals surface area contributed by atoms with Gasteiger partial charge in [0.1, 0.15) is 5.76 Å². The van der Waals surface area contributed by atoms with Crippen LogP contribution in [0.25, 0.3) is 5.76 Å². The van der Waals surface area contributed by atoms with E-state index < -0.39 is 0 Å². The van der Waals surface area contributed by atoms with E-state index in [2.05, 4.69) is 11.6 Å². The Labute approximate surface area is 66.5 Å². The average molecular weight is 149 g/mol. The lowest BCUT2D eigenvalue weighted by Gasteiger charge is -2.03. The van der Waals surface area contributed by atoms with Crippen LogP contribution < -0.4 is 0 Å². The third-order valence-corrected chi connectivity index (χ3v) is 1.44. The van der Waals surface area contributed by atoms with Crippen molar-refractivity contribution in [2.24, 2.45) is 0 Å². The zero-order valence-corrected chi connectivity index (χ0v) is 6.79. The second-order valence-corrected chi connectivity index (χ2v) is 2.38. The topological polar surface area (TPSA) is 22.1 Å². The minimum atomic E-state index is 0.654. The maximum atomic E-state index is 4.96. The van der Waals surface area contributed by atoms with Gasteiger partial charge in [0.15, 0.2) is 0 Å². The number of aromatic nitrogens is 1. The highest BCUT2D eigenvalue weighted by molar-refractivity contribution is 5.56. The molecule has 2 heteroatoms. The van der Waals surface area contributed by atoms with Crippen molar-refractivity contribution in [3.63, 3.8) is 0 Å². The van der Waals surface area contributed by atoms with Gasteiger partial charge in [0.2, 0.25) is 0 Å². The van der Waals surface area contributed by atoms with Crippen LogP contribution in [0.4, 0.5) is 0 Å². The Morgan fingerprint density at radius 3 is 2.82 bits per heavy atom. The molecule has 0 bridgehead atoms. The smallest absolute Gasteiger partial charge is 0.120 e. The van der Waals surface area contributed by atoms with Gasteiger partial charge in [-0.3, -0.25) is 4.98 Å². The fraction of sp³-hybridized carbons (Fsp3) is 0.222. The molecule has 1 aromatic heterocycles. The van der Waals surface area contributed by atoms with Crippen LogP contribution in [0.5, 0.6) is 0 Å². The van der Waals surface area contributed by atoms with Crippen LogP contribution in [0.3, 0.4) is 0 Å². The molecule has 0 saturated carbocycles. The van der Waals surface area contributed by atoms with Crippen LogP contribution in [0, 0.1) is 6.92 Å². The Morgan fingerprint density at radius 1 is 1.55 bits per heavy atom. The molecule has 1 aromatic rings. The lowest BCUT2D eigenvalue weighted by molar-refractivity contribution is 0.371. The average Bonchev–Trinajstić information content (AvgIpc) is 2.03. The number of ether oxygens (including phenoxy) is 1. The SMILES string of the molecule is C=C(OC)c1cncc(C)c1. The minimum Gasteiger partial charge on any atom is -0.497 e. The molecule has 0 atom stereocenters. The van der Waals surface area contributed by atoms with Gasteiger partial charge >= 0.3 is 0 Å². The van der Waals surface area contributed by atoms with Crippen molar-refractivity contribution >= 4 is 5.76 Å². The fourth-order valence-corrected chi connectivity index (χ4v) is 0.825. The summed E-state index contributed by atoms with van der Waals surface area (Å²) < 4.78 is 4.96. The molecule has 1 heterocycles. The van der Waals surface area contributed by atoms with Gasteiger partial charge in [-0.25, -0.2) is 0 Å². The second-order valence-electron chi connectivity index (χ2n) is 2.38. The largest absolute Gasteiger partial charge is 0.497 e. The quantitative estimate of drug-likeness (QED) is 0.600. The first-order chi connectivity index (χ1) is 5.24. The molecule has 58 valence electrons. The number of hydrogen-bond donors (Lipinski definition) is 0. The molecule has 0 radical (unpaired) electrons. The Balaban J connectivity index is 2.96. The van der Waals surface area contributed by atoms with Gasteiger partial charge in [0.25, 0.3) is 0 Å². The van der Waals surface area contributed by atoms with Crippen LogP contribution in [0.1, 0.15) is 11.1 Å². The van der Waals surface area contributed by atoms with E-state index in [0.717, 1.165) is 11.1 Å². The van der Waals surface area contributed by atoms with Gasteiger partial charge in [-0.1, -0.05) is 6.58 Å². The zero-order valence-electron chi connectivity index (χ0n) is 6.79. The summed E-state index contributed by atoms with van der Waals surface area (Å²) in [6, 6.07) is 1.98. The molecule has 0 aliphatic heterocycles. The van der Waals surface area contributed by atoms with Crippen molar-refractivity contribution in [2.45, 2.75) is 6.92 Å². The van der Waals surface area contributed by atoms with Crippen LogP contribution in [0.15, 0.2) is 25.0 Å². The zero-order chi connectivity index (χ0) is 8.27. The van der Waals surface area contributed by atoms with Gasteiger partial charge < -0.3 is 4.74 Å². The van der Waals surface area contributed by atoms with Gasteiger partial charge in [-0.05, 0) is 18.6 Å². The van der Waals surface area contributed by atoms with Gasteiger partial charge in [-0.15, -0.1) is 0 Å². The predicted molar refractivity (Wildman–Crippen MR) is 45.0 cm³/mol. The number of rotatable bonds is 2. The van der Waals surface area contributed by atoms with Gasteiger partial charge in [-0.2, -0.15) is 0 Å². The number of nitrogens with zero attached hydrogens (tertiary/aromatic N) is 1. The van der Waals surface area contributed by atoms with Crippen LogP contribution in [0.2, 0.25) is 0 Å². The first kappa shape index (κ1) is 7.79. The molecule has 0 amide bonds. The monoisotopic (exact) mass is 149 g/mol. The summed E-state index contributed by atoms with van der Waals surface area (Å²) in [5, 5.41) is 0. The molecule has 2 nitrogen and oxygen atoms in total. The molecule has 0 aliphatic rings. The summed E-state index contributed by atoms with van der Waals surface area (Å²) in [5.74, 6) is 0.654. The molecule has 0 unspecified atom stereocenters. The van der Waals surface area contributed by atoms with Crippen LogP contribution >= 0.6 is 0 Å². The molecular weight excluding hydrogens is 138 g/mol. The number of methoxy groups -OCH3 is 1. The molecule has 0 saturated heterocycles. The molecular formula is C9H11NO. The van der Waals surface area contributed by atoms with Gasteiger partial charge in [0, 0.05) is 18.0 Å². The van der Waals surface area contributed by atoms with E-state index >= 15 is 0 Å². The first-order valence-electron chi connectivity index (χ1n) is 3.39. The maximum absolute atomic E-state index is 4.96. The van der Waals surface area contributed by atoms with Gasteiger partial charge in [0.05, 0.1) is 7.11 Å². The Hall–Kier alpha value is -1.31. The molecule has 0 N–H and O–H groups in total. The summed E-state index contributed by atoms with van der Waals surface area (Å²) >= 11 is 0. The molecule has 0 fully saturated rings. The van der Waals surface area contributed by atoms with E-state index in [9.17, 15) is 0 Å². The molecule has 0 aliphatic carbocycles. The fourth-order valence-electron chi connectivity index (χ4n) is 0.825. The molecule has 1 rings (SSSR count). The highest BCUT2D eigenvalue weighted by atomic mass is 16.5. The number of pyridine rings is 1. The van der Waals surface area contributed by atoms with Crippen LogP contribution in [-0.4, -0.2) is 12.1 Å². The Bertz CT molecular complexity index is 268. The number of hydrogen-bond acceptors (Lipinski definition) is 2. The lowest BCUT2D eigenvalue weighted by Crippen LogP contribution is -1.87. The van der Waals surface area contributed by atoms with E-state index in [0.29, 0.717) is 5.76 Å². The third kappa shape index (κ3) is 1.80. The van der Waals surface area contributed by atoms with E-state index in [-0.39, 0.29) is 0 Å². The molecule has 0 aromatic carbocycles. The van der Waals surface area contributed by atoms with Crippen LogP contribution in [-0.2, 0) is 4.74 Å². The van der Waals surface area contributed by atoms with E-state index in [1.165, 1.54) is 0 Å². The van der Waals surface area contributed by atoms with E-state index in [1.54, 1.807) is 19.5 Å². The van der Waals surface area contributed by atoms with Crippen molar-refractivity contribution < 1.29 is 4.74 Å². The maximum Gasteiger partial charge on any atom is 0.120 e. The highest BCUT2D eigenvalue weighted by Crippen LogP contribution is 2.11. The normalized spacial score (nSPS) is 9.27. The Morgan fingerprint density at radius 2 is 2.27 bits per heavy atom. The van der Waals surface area contributed by atoms with E-state index in [4.69, 9.17) is 4.74 Å². The highest BCUT2D eigenvalue weighted by Gasteiger charge is 1.96. The van der Waals surface area contributed by atoms with Crippen molar-refractivity contribution in [3.8, 4) is 0 Å². The summed E-state index contributed by atoms with van der Waals surface area (Å²) in [4.78, 5) is 4.01. The number of aryl methyl sites for hydroxylation is 1. The molecule has 11 heavy (non-hydrogen) atoms. The molecule has 0 spiro atoms. The van der Waals surface area contributed by atoms with E-state index in [1.807, 2.05) is 13.0 Å². The summed E-state index contributed by atoms with van der Waals surface area (Å²) in [6.07, 6.45) is 3.53.